The van der Waals surface area contributed by atoms with Crippen molar-refractivity contribution < 1.29 is 4.79 Å². The minimum Gasteiger partial charge on any atom is -0.351 e. The van der Waals surface area contributed by atoms with E-state index >= 15 is 0 Å². The molecule has 5 nitrogen and oxygen atoms in total. The first-order valence-corrected chi connectivity index (χ1v) is 6.49. The molecule has 1 aromatic heterocycles. The lowest BCUT2D eigenvalue weighted by Crippen LogP contribution is -2.48. The fourth-order valence-electron chi connectivity index (χ4n) is 2.36. The lowest BCUT2D eigenvalue weighted by molar-refractivity contribution is -0.131. The number of amides is 1. The summed E-state index contributed by atoms with van der Waals surface area (Å²) in [6.07, 6.45) is 3.84. The number of rotatable bonds is 3. The van der Waals surface area contributed by atoms with E-state index in [0.29, 0.717) is 6.54 Å². The summed E-state index contributed by atoms with van der Waals surface area (Å²) in [4.78, 5) is 12.2. The summed E-state index contributed by atoms with van der Waals surface area (Å²) in [7, 11) is 1.91. The van der Waals surface area contributed by atoms with E-state index in [-0.39, 0.29) is 11.3 Å². The van der Waals surface area contributed by atoms with Crippen molar-refractivity contribution in [3.05, 3.63) is 17.5 Å². The predicted octanol–water partition coefficient (Wildman–Crippen LogP) is 0.734. The Hall–Kier alpha value is -1.36. The highest BCUT2D eigenvalue weighted by atomic mass is 16.2. The van der Waals surface area contributed by atoms with Crippen LogP contribution in [-0.2, 0) is 18.4 Å². The number of hydrogen-bond acceptors (Lipinski definition) is 3. The fourth-order valence-corrected chi connectivity index (χ4v) is 2.36. The van der Waals surface area contributed by atoms with Gasteiger partial charge in [0.2, 0.25) is 5.91 Å². The first kappa shape index (κ1) is 13.1. The number of nitrogens with zero attached hydrogens (tertiary/aromatic N) is 2. The molecule has 0 aliphatic carbocycles. The van der Waals surface area contributed by atoms with Crippen LogP contribution in [-0.4, -0.2) is 28.8 Å². The average Bonchev–Trinajstić information content (AvgIpc) is 2.68. The molecule has 1 unspecified atom stereocenters. The SMILES string of the molecule is Cc1c(CNC(=O)C2(C)CCCNC2)cnn1C. The summed E-state index contributed by atoms with van der Waals surface area (Å²) >= 11 is 0. The number of carbonyl (C=O) groups excluding carboxylic acids is 1. The summed E-state index contributed by atoms with van der Waals surface area (Å²) in [5, 5.41) is 10.5. The third-order valence-electron chi connectivity index (χ3n) is 3.92. The normalized spacial score (nSPS) is 23.9. The summed E-state index contributed by atoms with van der Waals surface area (Å²) < 4.78 is 1.82. The minimum atomic E-state index is -0.269. The monoisotopic (exact) mass is 250 g/mol. The van der Waals surface area contributed by atoms with Crippen LogP contribution in [0.3, 0.4) is 0 Å². The van der Waals surface area contributed by atoms with Crippen molar-refractivity contribution in [3.8, 4) is 0 Å². The van der Waals surface area contributed by atoms with Crippen LogP contribution < -0.4 is 10.6 Å². The zero-order valence-electron chi connectivity index (χ0n) is 11.4. The van der Waals surface area contributed by atoms with Gasteiger partial charge in [0.1, 0.15) is 0 Å². The van der Waals surface area contributed by atoms with Crippen LogP contribution in [0.15, 0.2) is 6.20 Å². The van der Waals surface area contributed by atoms with Gasteiger partial charge in [0.05, 0.1) is 11.6 Å². The Morgan fingerprint density at radius 1 is 1.67 bits per heavy atom. The number of hydrogen-bond donors (Lipinski definition) is 2. The molecule has 0 aromatic carbocycles. The Labute approximate surface area is 108 Å². The maximum Gasteiger partial charge on any atom is 0.227 e. The fraction of sp³-hybridized carbons (Fsp3) is 0.692. The van der Waals surface area contributed by atoms with E-state index in [9.17, 15) is 4.79 Å². The van der Waals surface area contributed by atoms with Crippen LogP contribution in [0.5, 0.6) is 0 Å². The molecule has 1 aromatic rings. The summed E-state index contributed by atoms with van der Waals surface area (Å²) in [5.74, 6) is 0.137. The largest absolute Gasteiger partial charge is 0.351 e. The highest BCUT2D eigenvalue weighted by molar-refractivity contribution is 5.82. The molecule has 0 saturated carbocycles. The molecule has 0 radical (unpaired) electrons. The number of carbonyl (C=O) groups is 1. The quantitative estimate of drug-likeness (QED) is 0.831. The van der Waals surface area contributed by atoms with Crippen molar-refractivity contribution in [2.45, 2.75) is 33.2 Å². The van der Waals surface area contributed by atoms with E-state index in [4.69, 9.17) is 0 Å². The van der Waals surface area contributed by atoms with E-state index in [0.717, 1.165) is 37.2 Å². The molecule has 1 aliphatic rings. The van der Waals surface area contributed by atoms with Crippen molar-refractivity contribution in [3.63, 3.8) is 0 Å². The molecule has 1 aliphatic heterocycles. The van der Waals surface area contributed by atoms with Crippen LogP contribution in [0.25, 0.3) is 0 Å². The van der Waals surface area contributed by atoms with Gasteiger partial charge in [-0.15, -0.1) is 0 Å². The van der Waals surface area contributed by atoms with Gasteiger partial charge in [0, 0.05) is 31.4 Å². The third kappa shape index (κ3) is 2.56. The lowest BCUT2D eigenvalue weighted by atomic mass is 9.82. The van der Waals surface area contributed by atoms with Gasteiger partial charge < -0.3 is 10.6 Å². The van der Waals surface area contributed by atoms with Crippen LogP contribution in [0, 0.1) is 12.3 Å². The van der Waals surface area contributed by atoms with Gasteiger partial charge >= 0.3 is 0 Å². The molecular formula is C13H22N4O. The van der Waals surface area contributed by atoms with Gasteiger partial charge in [0.15, 0.2) is 0 Å². The molecule has 5 heteroatoms. The highest BCUT2D eigenvalue weighted by Gasteiger charge is 2.34. The molecule has 1 fully saturated rings. The van der Waals surface area contributed by atoms with Crippen molar-refractivity contribution in [1.82, 2.24) is 20.4 Å². The van der Waals surface area contributed by atoms with Crippen LogP contribution in [0.4, 0.5) is 0 Å². The molecule has 2 rings (SSSR count). The van der Waals surface area contributed by atoms with Crippen molar-refractivity contribution in [2.24, 2.45) is 12.5 Å². The third-order valence-corrected chi connectivity index (χ3v) is 3.92. The Balaban J connectivity index is 1.93. The second kappa shape index (κ2) is 5.10. The maximum absolute atomic E-state index is 12.2. The number of aryl methyl sites for hydroxylation is 1. The molecule has 0 bridgehead atoms. The summed E-state index contributed by atoms with van der Waals surface area (Å²) in [6.45, 7) is 6.40. The summed E-state index contributed by atoms with van der Waals surface area (Å²) in [6, 6.07) is 0. The average molecular weight is 250 g/mol. The Morgan fingerprint density at radius 2 is 2.44 bits per heavy atom. The summed E-state index contributed by atoms with van der Waals surface area (Å²) in [5.41, 5.74) is 1.91. The molecule has 2 N–H and O–H groups in total. The van der Waals surface area contributed by atoms with Crippen molar-refractivity contribution >= 4 is 5.91 Å². The van der Waals surface area contributed by atoms with Gasteiger partial charge in [-0.1, -0.05) is 0 Å². The number of nitrogens with one attached hydrogen (secondary N) is 2. The van der Waals surface area contributed by atoms with Crippen LogP contribution >= 0.6 is 0 Å². The Bertz CT molecular complexity index is 432. The first-order valence-electron chi connectivity index (χ1n) is 6.49. The van der Waals surface area contributed by atoms with Crippen molar-refractivity contribution in [2.75, 3.05) is 13.1 Å². The maximum atomic E-state index is 12.2. The number of aromatic nitrogens is 2. The van der Waals surface area contributed by atoms with Gasteiger partial charge in [-0.25, -0.2) is 0 Å². The lowest BCUT2D eigenvalue weighted by Gasteiger charge is -2.32. The molecule has 0 spiro atoms. The van der Waals surface area contributed by atoms with E-state index < -0.39 is 0 Å². The van der Waals surface area contributed by atoms with Gasteiger partial charge in [-0.3, -0.25) is 9.48 Å². The second-order valence-corrected chi connectivity index (χ2v) is 5.40. The molecule has 1 saturated heterocycles. The molecule has 1 amide bonds. The van der Waals surface area contributed by atoms with Gasteiger partial charge in [-0.05, 0) is 33.2 Å². The molecule has 2 heterocycles. The molecular weight excluding hydrogens is 228 g/mol. The standard InChI is InChI=1S/C13H22N4O/c1-10-11(8-16-17(10)3)7-15-12(18)13(2)5-4-6-14-9-13/h8,14H,4-7,9H2,1-3H3,(H,15,18). The molecule has 100 valence electrons. The number of piperidine rings is 1. The smallest absolute Gasteiger partial charge is 0.227 e. The zero-order chi connectivity index (χ0) is 13.2. The van der Waals surface area contributed by atoms with Crippen LogP contribution in [0.1, 0.15) is 31.0 Å². The van der Waals surface area contributed by atoms with Crippen LogP contribution in [0.2, 0.25) is 0 Å². The van der Waals surface area contributed by atoms with E-state index in [2.05, 4.69) is 15.7 Å². The van der Waals surface area contributed by atoms with E-state index in [1.54, 1.807) is 0 Å². The minimum absolute atomic E-state index is 0.137. The Morgan fingerprint density at radius 3 is 3.00 bits per heavy atom. The molecule has 18 heavy (non-hydrogen) atoms. The zero-order valence-corrected chi connectivity index (χ0v) is 11.4. The van der Waals surface area contributed by atoms with Crippen molar-refractivity contribution in [1.29, 1.82) is 0 Å². The highest BCUT2D eigenvalue weighted by Crippen LogP contribution is 2.25. The second-order valence-electron chi connectivity index (χ2n) is 5.40. The van der Waals surface area contributed by atoms with E-state index in [1.807, 2.05) is 31.8 Å². The van der Waals surface area contributed by atoms with Gasteiger partial charge in [0.25, 0.3) is 0 Å². The Kier molecular flexibility index (Phi) is 3.71. The van der Waals surface area contributed by atoms with Gasteiger partial charge in [-0.2, -0.15) is 5.10 Å². The topological polar surface area (TPSA) is 59.0 Å². The first-order chi connectivity index (χ1) is 8.53. The van der Waals surface area contributed by atoms with E-state index in [1.165, 1.54) is 0 Å². The molecule has 1 atom stereocenters. The predicted molar refractivity (Wildman–Crippen MR) is 70.0 cm³/mol.